The normalized spacial score (nSPS) is 14.8. The molecule has 0 radical (unpaired) electrons. The molecule has 3 aromatic rings. The molecule has 1 atom stereocenters. The number of nitrogens with zero attached hydrogens (tertiary/aromatic N) is 3. The lowest BCUT2D eigenvalue weighted by Gasteiger charge is -2.21. The van der Waals surface area contributed by atoms with E-state index in [1.807, 2.05) is 10.9 Å². The summed E-state index contributed by atoms with van der Waals surface area (Å²) in [6.07, 6.45) is 6.25. The molecule has 41 heavy (non-hydrogen) atoms. The maximum absolute atomic E-state index is 12.6. The van der Waals surface area contributed by atoms with E-state index in [1.165, 1.54) is 11.1 Å². The third-order valence-electron chi connectivity index (χ3n) is 7.38. The molecule has 1 aromatic heterocycles. The third kappa shape index (κ3) is 8.20. The molecule has 1 aliphatic heterocycles. The molecule has 0 saturated heterocycles. The highest BCUT2D eigenvalue weighted by Gasteiger charge is 2.20. The van der Waals surface area contributed by atoms with Crippen LogP contribution in [-0.2, 0) is 21.4 Å². The summed E-state index contributed by atoms with van der Waals surface area (Å²) in [7, 11) is 2.11. The average Bonchev–Trinajstić information content (AvgIpc) is 3.36. The van der Waals surface area contributed by atoms with Crippen LogP contribution >= 0.6 is 0 Å². The van der Waals surface area contributed by atoms with E-state index in [-0.39, 0.29) is 29.9 Å². The van der Waals surface area contributed by atoms with Crippen LogP contribution in [0.3, 0.4) is 0 Å². The molecule has 0 fully saturated rings. The molecule has 0 aliphatic carbocycles. The minimum absolute atomic E-state index is 0.0781. The number of aromatic nitrogens is 2. The summed E-state index contributed by atoms with van der Waals surface area (Å²) in [4.78, 5) is 26.8. The Bertz CT molecular complexity index is 1370. The van der Waals surface area contributed by atoms with Crippen molar-refractivity contribution in [1.29, 1.82) is 0 Å². The van der Waals surface area contributed by atoms with Gasteiger partial charge >= 0.3 is 0 Å². The first-order valence-corrected chi connectivity index (χ1v) is 14.2. The van der Waals surface area contributed by atoms with Crippen LogP contribution in [0.15, 0.2) is 60.8 Å². The lowest BCUT2D eigenvalue weighted by Crippen LogP contribution is -2.45. The number of nitrogens with two attached hydrogens (primary N) is 1. The number of aromatic hydroxyl groups is 1. The van der Waals surface area contributed by atoms with Crippen LogP contribution in [0, 0.1) is 0 Å². The largest absolute Gasteiger partial charge is 0.508 e. The molecule has 0 spiro atoms. The smallest absolute Gasteiger partial charge is 0.240 e. The second-order valence-corrected chi connectivity index (χ2v) is 11.8. The number of amides is 2. The van der Waals surface area contributed by atoms with Crippen molar-refractivity contribution in [1.82, 2.24) is 20.0 Å². The molecule has 4 rings (SSSR count). The van der Waals surface area contributed by atoms with Gasteiger partial charge in [-0.25, -0.2) is 4.68 Å². The van der Waals surface area contributed by atoms with Gasteiger partial charge in [-0.2, -0.15) is 5.10 Å². The summed E-state index contributed by atoms with van der Waals surface area (Å²) < 4.78 is 1.91. The molecular weight excluding hydrogens is 516 g/mol. The van der Waals surface area contributed by atoms with Crippen molar-refractivity contribution >= 4 is 23.1 Å². The summed E-state index contributed by atoms with van der Waals surface area (Å²) in [5.41, 5.74) is 11.8. The summed E-state index contributed by atoms with van der Waals surface area (Å²) in [5, 5.41) is 20.7. The Kier molecular flexibility index (Phi) is 9.50. The lowest BCUT2D eigenvalue weighted by molar-refractivity contribution is -0.127. The van der Waals surface area contributed by atoms with Crippen molar-refractivity contribution in [3.05, 3.63) is 77.6 Å². The fourth-order valence-electron chi connectivity index (χ4n) is 4.80. The van der Waals surface area contributed by atoms with E-state index in [0.717, 1.165) is 42.1 Å². The van der Waals surface area contributed by atoms with Crippen LogP contribution in [0.5, 0.6) is 5.75 Å². The van der Waals surface area contributed by atoms with Crippen molar-refractivity contribution in [3.63, 3.8) is 0 Å². The molecule has 0 unspecified atom stereocenters. The first-order chi connectivity index (χ1) is 19.5. The number of benzene rings is 2. The van der Waals surface area contributed by atoms with Gasteiger partial charge in [0, 0.05) is 32.5 Å². The number of anilines is 1. The number of phenolic OH excluding ortho intramolecular Hbond substituents is 1. The number of carbonyl (C=O) groups excluding carboxylic acids is 2. The zero-order chi connectivity index (χ0) is 29.6. The zero-order valence-corrected chi connectivity index (χ0v) is 24.5. The van der Waals surface area contributed by atoms with Crippen molar-refractivity contribution < 1.29 is 14.7 Å². The molecule has 0 bridgehead atoms. The van der Waals surface area contributed by atoms with Gasteiger partial charge in [-0.3, -0.25) is 9.59 Å². The molecule has 5 N–H and O–H groups in total. The van der Waals surface area contributed by atoms with Gasteiger partial charge in [0.2, 0.25) is 11.8 Å². The second-order valence-electron chi connectivity index (χ2n) is 11.8. The molecule has 9 heteroatoms. The summed E-state index contributed by atoms with van der Waals surface area (Å²) in [6.45, 7) is 9.03. The summed E-state index contributed by atoms with van der Waals surface area (Å²) >= 11 is 0. The highest BCUT2D eigenvalue weighted by atomic mass is 16.3. The van der Waals surface area contributed by atoms with Crippen LogP contribution in [0.2, 0.25) is 0 Å². The van der Waals surface area contributed by atoms with E-state index in [9.17, 15) is 14.7 Å². The first kappa shape index (κ1) is 29.9. The van der Waals surface area contributed by atoms with Crippen molar-refractivity contribution in [2.45, 2.75) is 57.9 Å². The third-order valence-corrected chi connectivity index (χ3v) is 7.38. The van der Waals surface area contributed by atoms with Gasteiger partial charge in [0.05, 0.1) is 17.6 Å². The van der Waals surface area contributed by atoms with E-state index in [1.54, 1.807) is 24.3 Å². The minimum Gasteiger partial charge on any atom is -0.508 e. The Morgan fingerprint density at radius 3 is 2.41 bits per heavy atom. The van der Waals surface area contributed by atoms with E-state index < -0.39 is 11.9 Å². The Morgan fingerprint density at radius 1 is 1.10 bits per heavy atom. The Morgan fingerprint density at radius 2 is 1.80 bits per heavy atom. The zero-order valence-electron chi connectivity index (χ0n) is 24.5. The van der Waals surface area contributed by atoms with E-state index in [0.29, 0.717) is 13.0 Å². The predicted molar refractivity (Wildman–Crippen MR) is 163 cm³/mol. The molecule has 2 amide bonds. The Hall–Kier alpha value is -4.11. The van der Waals surface area contributed by atoms with Gasteiger partial charge in [-0.1, -0.05) is 51.1 Å². The van der Waals surface area contributed by atoms with Gasteiger partial charge in [-0.15, -0.1) is 0 Å². The number of hydrogen-bond donors (Lipinski definition) is 4. The minimum atomic E-state index is -0.814. The van der Waals surface area contributed by atoms with Crippen molar-refractivity contribution in [2.75, 3.05) is 32.0 Å². The number of phenols is 1. The van der Waals surface area contributed by atoms with Gasteiger partial charge < -0.3 is 26.4 Å². The second kappa shape index (κ2) is 13.0. The molecule has 1 aliphatic rings. The number of primary amides is 1. The fourth-order valence-corrected chi connectivity index (χ4v) is 4.80. The van der Waals surface area contributed by atoms with Gasteiger partial charge in [0.15, 0.2) is 0 Å². The molecule has 0 saturated carbocycles. The monoisotopic (exact) mass is 558 g/mol. The number of carbonyl (C=O) groups is 2. The average molecular weight is 559 g/mol. The van der Waals surface area contributed by atoms with Crippen LogP contribution < -0.4 is 16.4 Å². The Balaban J connectivity index is 1.39. The van der Waals surface area contributed by atoms with Crippen LogP contribution in [0.4, 0.5) is 5.69 Å². The molecule has 2 heterocycles. The highest BCUT2D eigenvalue weighted by molar-refractivity contribution is 5.86. The van der Waals surface area contributed by atoms with Crippen molar-refractivity contribution in [3.8, 4) is 11.4 Å². The molecular formula is C32H42N6O3. The van der Waals surface area contributed by atoms with E-state index >= 15 is 0 Å². The number of rotatable bonds is 11. The lowest BCUT2D eigenvalue weighted by atomic mass is 9.87. The van der Waals surface area contributed by atoms with Crippen LogP contribution in [-0.4, -0.2) is 64.3 Å². The molecule has 9 nitrogen and oxygen atoms in total. The number of hydrogen-bond acceptors (Lipinski definition) is 6. The summed E-state index contributed by atoms with van der Waals surface area (Å²) in [6, 6.07) is 14.2. The molecule has 2 aromatic carbocycles. The first-order valence-electron chi connectivity index (χ1n) is 14.2. The maximum atomic E-state index is 12.6. The van der Waals surface area contributed by atoms with Crippen LogP contribution in [0.25, 0.3) is 11.3 Å². The van der Waals surface area contributed by atoms with E-state index in [2.05, 4.69) is 73.7 Å². The predicted octanol–water partition coefficient (Wildman–Crippen LogP) is 4.00. The van der Waals surface area contributed by atoms with E-state index in [4.69, 9.17) is 10.8 Å². The van der Waals surface area contributed by atoms with Gasteiger partial charge in [0.25, 0.3) is 0 Å². The molecule has 218 valence electrons. The SMILES string of the molecule is CN1CC=C(c2nn(-c3ccc(C(C)(C)C)cc3)cc2NCCCC(=O)N[C@@H](Cc2ccc(O)cc2)C(N)=O)CC1. The maximum Gasteiger partial charge on any atom is 0.240 e. The summed E-state index contributed by atoms with van der Waals surface area (Å²) in [5.74, 6) is -0.689. The Labute approximate surface area is 242 Å². The van der Waals surface area contributed by atoms with Crippen LogP contribution in [0.1, 0.15) is 56.9 Å². The number of nitrogens with one attached hydrogen (secondary N) is 2. The topological polar surface area (TPSA) is 126 Å². The van der Waals surface area contributed by atoms with Crippen molar-refractivity contribution in [2.24, 2.45) is 5.73 Å². The standard InChI is InChI=1S/C32H42N6O3/c1-32(2,3)24-9-11-25(12-10-24)38-21-28(30(36-38)23-15-18-37(4)19-16-23)34-17-5-6-29(40)35-27(31(33)41)20-22-7-13-26(39)14-8-22/h7-15,21,27,34,39H,5-6,16-20H2,1-4H3,(H2,33,41)(H,35,40)/t27-/m0/s1. The fraction of sp³-hybridized carbons (Fsp3) is 0.406. The quantitative estimate of drug-likeness (QED) is 0.264. The van der Waals surface area contributed by atoms with Gasteiger partial charge in [0.1, 0.15) is 17.5 Å². The van der Waals surface area contributed by atoms with Gasteiger partial charge in [-0.05, 0) is 66.3 Å². The highest BCUT2D eigenvalue weighted by Crippen LogP contribution is 2.29. The number of likely N-dealkylation sites (N-methyl/N-ethyl adjacent to an activating group) is 1.